The molecular weight excluding hydrogens is 384 g/mol. The van der Waals surface area contributed by atoms with Crippen LogP contribution < -0.4 is 10.2 Å². The van der Waals surface area contributed by atoms with Gasteiger partial charge in [-0.1, -0.05) is 6.07 Å². The third-order valence-corrected chi connectivity index (χ3v) is 6.15. The lowest BCUT2D eigenvalue weighted by atomic mass is 10.2. The number of carboxylic acid groups (broad SMARTS) is 1. The van der Waals surface area contributed by atoms with E-state index in [2.05, 4.69) is 10.2 Å². The highest BCUT2D eigenvalue weighted by Gasteiger charge is 2.20. The fourth-order valence-electron chi connectivity index (χ4n) is 2.88. The molecule has 1 aliphatic heterocycles. The SMILES string of the molecule is N=C(Nc1ccc2c(c1)SCCN2CCN(CCO)C(=O)O)c1cccs1. The van der Waals surface area contributed by atoms with E-state index in [1.54, 1.807) is 11.8 Å². The highest BCUT2D eigenvalue weighted by molar-refractivity contribution is 7.99. The van der Waals surface area contributed by atoms with E-state index < -0.39 is 6.09 Å². The van der Waals surface area contributed by atoms with Crippen molar-refractivity contribution in [2.75, 3.05) is 48.8 Å². The van der Waals surface area contributed by atoms with Gasteiger partial charge in [0.25, 0.3) is 0 Å². The van der Waals surface area contributed by atoms with Gasteiger partial charge in [0.05, 0.1) is 17.2 Å². The molecule has 1 aliphatic rings. The number of aliphatic hydroxyl groups is 1. The molecule has 0 bridgehead atoms. The molecule has 0 unspecified atom stereocenters. The van der Waals surface area contributed by atoms with Gasteiger partial charge in [0.1, 0.15) is 5.84 Å². The van der Waals surface area contributed by atoms with Gasteiger partial charge < -0.3 is 25.3 Å². The van der Waals surface area contributed by atoms with Crippen LogP contribution in [0.25, 0.3) is 0 Å². The summed E-state index contributed by atoms with van der Waals surface area (Å²) in [5, 5.41) is 31.4. The van der Waals surface area contributed by atoms with Crippen molar-refractivity contribution >= 4 is 46.4 Å². The van der Waals surface area contributed by atoms with Crippen molar-refractivity contribution in [1.29, 1.82) is 5.41 Å². The number of nitrogens with one attached hydrogen (secondary N) is 2. The maximum Gasteiger partial charge on any atom is 0.407 e. The number of fused-ring (bicyclic) bond motifs is 1. The van der Waals surface area contributed by atoms with E-state index in [1.807, 2.05) is 35.7 Å². The second kappa shape index (κ2) is 9.12. The fraction of sp³-hybridized carbons (Fsp3) is 0.333. The lowest BCUT2D eigenvalue weighted by molar-refractivity contribution is 0.133. The molecule has 1 aromatic carbocycles. The molecule has 0 saturated heterocycles. The Morgan fingerprint density at radius 3 is 2.89 bits per heavy atom. The standard InChI is InChI=1S/C18H22N4O3S2/c19-17(15-2-1-10-26-15)20-13-3-4-14-16(12-13)27-11-8-21(14)5-6-22(7-9-23)18(24)25/h1-4,10,12,23H,5-9,11H2,(H2,19,20)(H,24,25). The first kappa shape index (κ1) is 19.5. The number of thiophene rings is 1. The largest absolute Gasteiger partial charge is 0.465 e. The summed E-state index contributed by atoms with van der Waals surface area (Å²) in [4.78, 5) is 16.6. The molecule has 3 rings (SSSR count). The third-order valence-electron chi connectivity index (χ3n) is 4.24. The summed E-state index contributed by atoms with van der Waals surface area (Å²) in [6.45, 7) is 1.73. The van der Waals surface area contributed by atoms with Gasteiger partial charge in [0.2, 0.25) is 0 Å². The van der Waals surface area contributed by atoms with E-state index in [0.717, 1.165) is 33.4 Å². The van der Waals surface area contributed by atoms with E-state index in [4.69, 9.17) is 10.5 Å². The molecule has 0 saturated carbocycles. The van der Waals surface area contributed by atoms with Gasteiger partial charge in [-0.2, -0.15) is 0 Å². The van der Waals surface area contributed by atoms with Crippen LogP contribution in [0, 0.1) is 5.41 Å². The van der Waals surface area contributed by atoms with E-state index in [-0.39, 0.29) is 13.2 Å². The first-order valence-corrected chi connectivity index (χ1v) is 10.4. The van der Waals surface area contributed by atoms with Gasteiger partial charge in [0.15, 0.2) is 0 Å². The number of amidine groups is 1. The summed E-state index contributed by atoms with van der Waals surface area (Å²) in [6.07, 6.45) is -1.01. The minimum Gasteiger partial charge on any atom is -0.465 e. The summed E-state index contributed by atoms with van der Waals surface area (Å²) >= 11 is 3.29. The Morgan fingerprint density at radius 2 is 2.19 bits per heavy atom. The third kappa shape index (κ3) is 4.94. The molecule has 1 aromatic heterocycles. The van der Waals surface area contributed by atoms with E-state index >= 15 is 0 Å². The van der Waals surface area contributed by atoms with Crippen molar-refractivity contribution in [2.24, 2.45) is 0 Å². The Labute approximate surface area is 166 Å². The second-order valence-corrected chi connectivity index (χ2v) is 8.07. The van der Waals surface area contributed by atoms with Gasteiger partial charge in [-0.25, -0.2) is 4.79 Å². The molecule has 4 N–H and O–H groups in total. The molecule has 7 nitrogen and oxygen atoms in total. The number of amides is 1. The molecule has 9 heteroatoms. The Kier molecular flexibility index (Phi) is 6.59. The topological polar surface area (TPSA) is 99.9 Å². The van der Waals surface area contributed by atoms with Gasteiger partial charge >= 0.3 is 6.09 Å². The molecule has 2 aromatic rings. The molecule has 0 aliphatic carbocycles. The lowest BCUT2D eigenvalue weighted by Crippen LogP contribution is -2.41. The first-order chi connectivity index (χ1) is 13.1. The van der Waals surface area contributed by atoms with Crippen LogP contribution in [0.4, 0.5) is 16.2 Å². The molecule has 144 valence electrons. The van der Waals surface area contributed by atoms with Crippen LogP contribution in [0.15, 0.2) is 40.6 Å². The summed E-state index contributed by atoms with van der Waals surface area (Å²) < 4.78 is 0. The fourth-order valence-corrected chi connectivity index (χ4v) is 4.60. The number of carbonyl (C=O) groups is 1. The molecule has 0 atom stereocenters. The van der Waals surface area contributed by atoms with Crippen molar-refractivity contribution in [1.82, 2.24) is 4.90 Å². The number of nitrogens with zero attached hydrogens (tertiary/aromatic N) is 2. The average molecular weight is 407 g/mol. The number of aliphatic hydroxyl groups excluding tert-OH is 1. The van der Waals surface area contributed by atoms with E-state index in [0.29, 0.717) is 18.9 Å². The van der Waals surface area contributed by atoms with Crippen molar-refractivity contribution in [3.63, 3.8) is 0 Å². The van der Waals surface area contributed by atoms with E-state index in [9.17, 15) is 9.90 Å². The lowest BCUT2D eigenvalue weighted by Gasteiger charge is -2.32. The molecule has 2 heterocycles. The Hall–Kier alpha value is -2.23. The Balaban J connectivity index is 1.67. The summed E-state index contributed by atoms with van der Waals surface area (Å²) in [5.41, 5.74) is 1.95. The summed E-state index contributed by atoms with van der Waals surface area (Å²) in [5.74, 6) is 1.30. The number of rotatable bonds is 7. The quantitative estimate of drug-likeness (QED) is 0.417. The highest BCUT2D eigenvalue weighted by Crippen LogP contribution is 2.36. The zero-order valence-electron chi connectivity index (χ0n) is 14.7. The van der Waals surface area contributed by atoms with Gasteiger partial charge in [-0.05, 0) is 29.6 Å². The maximum atomic E-state index is 11.2. The first-order valence-electron chi connectivity index (χ1n) is 8.58. The maximum absolute atomic E-state index is 11.2. The predicted molar refractivity (Wildman–Crippen MR) is 111 cm³/mol. The molecular formula is C18H22N4O3S2. The molecule has 0 spiro atoms. The monoisotopic (exact) mass is 406 g/mol. The second-order valence-electron chi connectivity index (χ2n) is 5.99. The molecule has 0 fully saturated rings. The number of hydrogen-bond donors (Lipinski definition) is 4. The number of benzene rings is 1. The zero-order valence-corrected chi connectivity index (χ0v) is 16.4. The van der Waals surface area contributed by atoms with Crippen molar-refractivity contribution < 1.29 is 15.0 Å². The van der Waals surface area contributed by atoms with Crippen LogP contribution >= 0.6 is 23.1 Å². The average Bonchev–Trinajstić information content (AvgIpc) is 3.19. The Morgan fingerprint density at radius 1 is 1.33 bits per heavy atom. The van der Waals surface area contributed by atoms with Gasteiger partial charge in [-0.15, -0.1) is 23.1 Å². The van der Waals surface area contributed by atoms with Crippen molar-refractivity contribution in [2.45, 2.75) is 4.90 Å². The number of anilines is 2. The molecule has 1 amide bonds. The van der Waals surface area contributed by atoms with Crippen LogP contribution in [0.1, 0.15) is 4.88 Å². The highest BCUT2D eigenvalue weighted by atomic mass is 32.2. The van der Waals surface area contributed by atoms with Gasteiger partial charge in [-0.3, -0.25) is 5.41 Å². The smallest absolute Gasteiger partial charge is 0.407 e. The molecule has 27 heavy (non-hydrogen) atoms. The van der Waals surface area contributed by atoms with Crippen LogP contribution in [-0.4, -0.2) is 65.6 Å². The van der Waals surface area contributed by atoms with Crippen LogP contribution in [0.3, 0.4) is 0 Å². The summed E-state index contributed by atoms with van der Waals surface area (Å²) in [7, 11) is 0. The minimum atomic E-state index is -1.01. The number of thioether (sulfide) groups is 1. The van der Waals surface area contributed by atoms with Crippen LogP contribution in [-0.2, 0) is 0 Å². The van der Waals surface area contributed by atoms with Crippen LogP contribution in [0.5, 0.6) is 0 Å². The zero-order chi connectivity index (χ0) is 19.2. The van der Waals surface area contributed by atoms with Crippen molar-refractivity contribution in [3.05, 3.63) is 40.6 Å². The number of hydrogen-bond acceptors (Lipinski definition) is 6. The summed E-state index contributed by atoms with van der Waals surface area (Å²) in [6, 6.07) is 9.84. The minimum absolute atomic E-state index is 0.123. The predicted octanol–water partition coefficient (Wildman–Crippen LogP) is 3.07. The van der Waals surface area contributed by atoms with Crippen molar-refractivity contribution in [3.8, 4) is 0 Å². The van der Waals surface area contributed by atoms with Crippen LogP contribution in [0.2, 0.25) is 0 Å². The molecule has 0 radical (unpaired) electrons. The Bertz CT molecular complexity index is 798. The normalized spacial score (nSPS) is 13.1. The van der Waals surface area contributed by atoms with Gasteiger partial charge in [0, 0.05) is 42.5 Å². The van der Waals surface area contributed by atoms with E-state index in [1.165, 1.54) is 16.2 Å².